The standard InChI is InChI=1S/C11H19N3OS/c1-8(2)6-9(12)11(15)14(3)7-10-13-4-5-16-10/h4-5,8-9H,6-7,12H2,1-3H3/t9-/m0/s1. The van der Waals surface area contributed by atoms with Gasteiger partial charge in [0.15, 0.2) is 0 Å². The zero-order valence-electron chi connectivity index (χ0n) is 10.0. The Kier molecular flexibility index (Phi) is 4.89. The molecule has 1 amide bonds. The third-order valence-corrected chi connectivity index (χ3v) is 3.04. The third-order valence-electron chi connectivity index (χ3n) is 2.27. The predicted octanol–water partition coefficient (Wildman–Crippen LogP) is 1.47. The van der Waals surface area contributed by atoms with Crippen molar-refractivity contribution in [3.8, 4) is 0 Å². The van der Waals surface area contributed by atoms with Gasteiger partial charge in [0.1, 0.15) is 5.01 Å². The first kappa shape index (κ1) is 13.1. The van der Waals surface area contributed by atoms with Crippen molar-refractivity contribution in [2.45, 2.75) is 32.9 Å². The Hall–Kier alpha value is -0.940. The van der Waals surface area contributed by atoms with Gasteiger partial charge in [-0.2, -0.15) is 0 Å². The highest BCUT2D eigenvalue weighted by atomic mass is 32.1. The molecule has 1 rings (SSSR count). The van der Waals surface area contributed by atoms with Gasteiger partial charge in [0.25, 0.3) is 0 Å². The lowest BCUT2D eigenvalue weighted by molar-refractivity contribution is -0.132. The first-order chi connectivity index (χ1) is 7.50. The molecule has 0 aliphatic heterocycles. The van der Waals surface area contributed by atoms with Gasteiger partial charge in [0.05, 0.1) is 12.6 Å². The van der Waals surface area contributed by atoms with Crippen molar-refractivity contribution in [1.29, 1.82) is 0 Å². The van der Waals surface area contributed by atoms with Crippen molar-refractivity contribution < 1.29 is 4.79 Å². The average molecular weight is 241 g/mol. The van der Waals surface area contributed by atoms with Crippen LogP contribution in [0.3, 0.4) is 0 Å². The molecule has 2 N–H and O–H groups in total. The Balaban J connectivity index is 2.47. The van der Waals surface area contributed by atoms with Crippen LogP contribution < -0.4 is 5.73 Å². The quantitative estimate of drug-likeness (QED) is 0.849. The largest absolute Gasteiger partial charge is 0.338 e. The lowest BCUT2D eigenvalue weighted by atomic mass is 10.0. The Morgan fingerprint density at radius 3 is 2.81 bits per heavy atom. The van der Waals surface area contributed by atoms with Gasteiger partial charge in [0.2, 0.25) is 5.91 Å². The highest BCUT2D eigenvalue weighted by Gasteiger charge is 2.19. The summed E-state index contributed by atoms with van der Waals surface area (Å²) in [6, 6.07) is -0.398. The van der Waals surface area contributed by atoms with Gasteiger partial charge in [-0.25, -0.2) is 4.98 Å². The van der Waals surface area contributed by atoms with Gasteiger partial charge in [-0.3, -0.25) is 4.79 Å². The Bertz CT molecular complexity index is 324. The molecule has 0 aromatic carbocycles. The summed E-state index contributed by atoms with van der Waals surface area (Å²) in [5.41, 5.74) is 5.84. The number of amides is 1. The van der Waals surface area contributed by atoms with Gasteiger partial charge in [0, 0.05) is 18.6 Å². The highest BCUT2D eigenvalue weighted by Crippen LogP contribution is 2.10. The predicted molar refractivity (Wildman–Crippen MR) is 66.0 cm³/mol. The molecule has 1 heterocycles. The van der Waals surface area contributed by atoms with Gasteiger partial charge in [-0.05, 0) is 12.3 Å². The molecular weight excluding hydrogens is 222 g/mol. The molecule has 0 unspecified atom stereocenters. The van der Waals surface area contributed by atoms with E-state index < -0.39 is 6.04 Å². The second kappa shape index (κ2) is 5.96. The van der Waals surface area contributed by atoms with Crippen LogP contribution in [0.1, 0.15) is 25.3 Å². The van der Waals surface area contributed by atoms with E-state index in [0.29, 0.717) is 12.5 Å². The number of hydrogen-bond donors (Lipinski definition) is 1. The number of carbonyl (C=O) groups is 1. The summed E-state index contributed by atoms with van der Waals surface area (Å²) >= 11 is 1.55. The number of aromatic nitrogens is 1. The van der Waals surface area contributed by atoms with Gasteiger partial charge in [-0.1, -0.05) is 13.8 Å². The second-order valence-electron chi connectivity index (χ2n) is 4.36. The fourth-order valence-electron chi connectivity index (χ4n) is 1.50. The van der Waals surface area contributed by atoms with Crippen LogP contribution in [0.5, 0.6) is 0 Å². The van der Waals surface area contributed by atoms with E-state index in [9.17, 15) is 4.79 Å². The number of nitrogens with two attached hydrogens (primary N) is 1. The molecular formula is C11H19N3OS. The van der Waals surface area contributed by atoms with Gasteiger partial charge >= 0.3 is 0 Å². The fraction of sp³-hybridized carbons (Fsp3) is 0.636. The molecule has 0 aliphatic carbocycles. The molecule has 1 aromatic rings. The van der Waals surface area contributed by atoms with E-state index in [2.05, 4.69) is 18.8 Å². The minimum atomic E-state index is -0.398. The van der Waals surface area contributed by atoms with E-state index in [-0.39, 0.29) is 5.91 Å². The van der Waals surface area contributed by atoms with Crippen LogP contribution >= 0.6 is 11.3 Å². The normalized spacial score (nSPS) is 12.8. The minimum absolute atomic E-state index is 0.0103. The fourth-order valence-corrected chi connectivity index (χ4v) is 2.17. The lowest BCUT2D eigenvalue weighted by Crippen LogP contribution is -2.42. The van der Waals surface area contributed by atoms with Crippen molar-refractivity contribution in [2.75, 3.05) is 7.05 Å². The molecule has 4 nitrogen and oxygen atoms in total. The maximum absolute atomic E-state index is 11.9. The molecule has 0 aliphatic rings. The molecule has 0 bridgehead atoms. The van der Waals surface area contributed by atoms with E-state index in [4.69, 9.17) is 5.73 Å². The summed E-state index contributed by atoms with van der Waals surface area (Å²) in [7, 11) is 1.77. The summed E-state index contributed by atoms with van der Waals surface area (Å²) in [4.78, 5) is 17.7. The van der Waals surface area contributed by atoms with Crippen LogP contribution in [0, 0.1) is 5.92 Å². The number of rotatable bonds is 5. The lowest BCUT2D eigenvalue weighted by Gasteiger charge is -2.21. The van der Waals surface area contributed by atoms with E-state index in [0.717, 1.165) is 11.4 Å². The molecule has 0 fully saturated rings. The van der Waals surface area contributed by atoms with Crippen LogP contribution in [-0.2, 0) is 11.3 Å². The summed E-state index contributed by atoms with van der Waals surface area (Å²) in [5.74, 6) is 0.427. The van der Waals surface area contributed by atoms with E-state index in [1.165, 1.54) is 0 Å². The summed E-state index contributed by atoms with van der Waals surface area (Å²) in [6.07, 6.45) is 2.47. The Labute approximate surface area is 100 Å². The van der Waals surface area contributed by atoms with Crippen molar-refractivity contribution in [1.82, 2.24) is 9.88 Å². The monoisotopic (exact) mass is 241 g/mol. The zero-order valence-corrected chi connectivity index (χ0v) is 10.8. The van der Waals surface area contributed by atoms with Crippen LogP contribution in [-0.4, -0.2) is 28.9 Å². The molecule has 0 saturated carbocycles. The zero-order chi connectivity index (χ0) is 12.1. The van der Waals surface area contributed by atoms with Crippen LogP contribution in [0.2, 0.25) is 0 Å². The number of nitrogens with zero attached hydrogens (tertiary/aromatic N) is 2. The summed E-state index contributed by atoms with van der Waals surface area (Å²) in [6.45, 7) is 4.67. The smallest absolute Gasteiger partial charge is 0.239 e. The van der Waals surface area contributed by atoms with Gasteiger partial charge in [-0.15, -0.1) is 11.3 Å². The number of hydrogen-bond acceptors (Lipinski definition) is 4. The number of carbonyl (C=O) groups excluding carboxylic acids is 1. The van der Waals surface area contributed by atoms with Crippen molar-refractivity contribution >= 4 is 17.2 Å². The van der Waals surface area contributed by atoms with Crippen molar-refractivity contribution in [3.63, 3.8) is 0 Å². The summed E-state index contributed by atoms with van der Waals surface area (Å²) < 4.78 is 0. The van der Waals surface area contributed by atoms with Crippen molar-refractivity contribution in [2.24, 2.45) is 11.7 Å². The third kappa shape index (κ3) is 3.90. The molecule has 1 atom stereocenters. The second-order valence-corrected chi connectivity index (χ2v) is 5.34. The van der Waals surface area contributed by atoms with Crippen LogP contribution in [0.25, 0.3) is 0 Å². The maximum atomic E-state index is 11.9. The SMILES string of the molecule is CC(C)C[C@H](N)C(=O)N(C)Cc1nccs1. The van der Waals surface area contributed by atoms with Crippen molar-refractivity contribution in [3.05, 3.63) is 16.6 Å². The first-order valence-electron chi connectivity index (χ1n) is 5.39. The molecule has 0 spiro atoms. The number of likely N-dealkylation sites (N-methyl/N-ethyl adjacent to an activating group) is 1. The molecule has 1 aromatic heterocycles. The van der Waals surface area contributed by atoms with E-state index in [1.807, 2.05) is 5.38 Å². The van der Waals surface area contributed by atoms with Gasteiger partial charge < -0.3 is 10.6 Å². The molecule has 90 valence electrons. The topological polar surface area (TPSA) is 59.2 Å². The Morgan fingerprint density at radius 1 is 1.62 bits per heavy atom. The first-order valence-corrected chi connectivity index (χ1v) is 6.27. The molecule has 5 heteroatoms. The molecule has 16 heavy (non-hydrogen) atoms. The van der Waals surface area contributed by atoms with Crippen LogP contribution in [0.15, 0.2) is 11.6 Å². The number of thiazole rings is 1. The minimum Gasteiger partial charge on any atom is -0.338 e. The molecule has 0 saturated heterocycles. The Morgan fingerprint density at radius 2 is 2.31 bits per heavy atom. The van der Waals surface area contributed by atoms with E-state index >= 15 is 0 Å². The van der Waals surface area contributed by atoms with E-state index in [1.54, 1.807) is 29.5 Å². The van der Waals surface area contributed by atoms with Crippen LogP contribution in [0.4, 0.5) is 0 Å². The molecule has 0 radical (unpaired) electrons. The maximum Gasteiger partial charge on any atom is 0.239 e. The summed E-state index contributed by atoms with van der Waals surface area (Å²) in [5, 5.41) is 2.84. The highest BCUT2D eigenvalue weighted by molar-refractivity contribution is 7.09. The average Bonchev–Trinajstić information content (AvgIpc) is 2.68.